The van der Waals surface area contributed by atoms with Crippen LogP contribution in [0.25, 0.3) is 0 Å². The molecule has 2 N–H and O–H groups in total. The highest BCUT2D eigenvalue weighted by molar-refractivity contribution is 6.55. The quantitative estimate of drug-likeness (QED) is 0.228. The number of carbonyl (C=O) groups is 4. The monoisotopic (exact) mass is 512 g/mol. The first-order valence-corrected chi connectivity index (χ1v) is 10.7. The molecule has 12 heteroatoms. The minimum absolute atomic E-state index is 0.0481. The number of imide groups is 1. The largest absolute Gasteiger partial charge is 0.480 e. The number of ether oxygens (including phenoxy) is 1. The number of carbonyl (C=O) groups excluding carboxylic acids is 3. The summed E-state index contributed by atoms with van der Waals surface area (Å²) >= 11 is 24.1. The van der Waals surface area contributed by atoms with Crippen molar-refractivity contribution in [2.45, 2.75) is 51.7 Å². The van der Waals surface area contributed by atoms with Crippen LogP contribution in [0.5, 0.6) is 0 Å². The van der Waals surface area contributed by atoms with Gasteiger partial charge in [-0.05, 0) is 40.0 Å². The van der Waals surface area contributed by atoms with Crippen LogP contribution in [0.4, 0.5) is 4.79 Å². The van der Waals surface area contributed by atoms with Gasteiger partial charge in [-0.2, -0.15) is 0 Å². The molecule has 0 radical (unpaired) electrons. The van der Waals surface area contributed by atoms with Crippen molar-refractivity contribution in [2.75, 3.05) is 6.54 Å². The van der Waals surface area contributed by atoms with Gasteiger partial charge in [0.2, 0.25) is 0 Å². The van der Waals surface area contributed by atoms with Crippen LogP contribution in [0.3, 0.4) is 0 Å². The number of alkyl carbamates (subject to hydrolysis) is 1. The van der Waals surface area contributed by atoms with E-state index in [0.29, 0.717) is 17.7 Å². The van der Waals surface area contributed by atoms with E-state index in [1.165, 1.54) is 0 Å². The Bertz CT molecular complexity index is 898. The van der Waals surface area contributed by atoms with Crippen LogP contribution in [0.15, 0.2) is 0 Å². The van der Waals surface area contributed by atoms with E-state index < -0.39 is 35.5 Å². The van der Waals surface area contributed by atoms with Gasteiger partial charge in [-0.25, -0.2) is 9.59 Å². The Morgan fingerprint density at radius 1 is 0.968 bits per heavy atom. The number of carboxylic acids is 1. The van der Waals surface area contributed by atoms with Crippen molar-refractivity contribution >= 4 is 70.3 Å². The van der Waals surface area contributed by atoms with Gasteiger partial charge in [0.15, 0.2) is 0 Å². The molecule has 0 aliphatic carbocycles. The van der Waals surface area contributed by atoms with Crippen LogP contribution in [0, 0.1) is 0 Å². The van der Waals surface area contributed by atoms with Gasteiger partial charge in [-0.3, -0.25) is 14.5 Å². The number of benzene rings is 1. The standard InChI is InChI=1S/C19H20Cl4N2O6/c1-19(2,3)31-18(30)24-7-5-4-6-8(17(28)29)25-15(26)9-10(16(25)27)12(21)14(23)13(22)11(9)20/h8H,4-7H2,1-3H3,(H,24,30)(H,28,29)/t8-/m1/s1. The number of hydrogen-bond acceptors (Lipinski definition) is 5. The second kappa shape index (κ2) is 9.81. The van der Waals surface area contributed by atoms with Crippen molar-refractivity contribution < 1.29 is 29.0 Å². The topological polar surface area (TPSA) is 113 Å². The average molecular weight is 514 g/mol. The average Bonchev–Trinajstić information content (AvgIpc) is 2.90. The summed E-state index contributed by atoms with van der Waals surface area (Å²) in [6, 6.07) is -1.46. The summed E-state index contributed by atoms with van der Waals surface area (Å²) in [4.78, 5) is 49.7. The summed E-state index contributed by atoms with van der Waals surface area (Å²) in [6.07, 6.45) is 0.0443. The van der Waals surface area contributed by atoms with E-state index in [1.54, 1.807) is 20.8 Å². The van der Waals surface area contributed by atoms with E-state index in [-0.39, 0.29) is 44.2 Å². The van der Waals surface area contributed by atoms with Crippen molar-refractivity contribution in [1.29, 1.82) is 0 Å². The van der Waals surface area contributed by atoms with Gasteiger partial charge in [0, 0.05) is 6.54 Å². The maximum absolute atomic E-state index is 12.8. The van der Waals surface area contributed by atoms with Gasteiger partial charge < -0.3 is 15.2 Å². The highest BCUT2D eigenvalue weighted by Gasteiger charge is 2.46. The lowest BCUT2D eigenvalue weighted by Gasteiger charge is -2.22. The summed E-state index contributed by atoms with van der Waals surface area (Å²) in [6.45, 7) is 5.41. The number of halogens is 4. The summed E-state index contributed by atoms with van der Waals surface area (Å²) in [7, 11) is 0. The highest BCUT2D eigenvalue weighted by atomic mass is 35.5. The summed E-state index contributed by atoms with van der Waals surface area (Å²) < 4.78 is 5.10. The molecular formula is C19H20Cl4N2O6. The van der Waals surface area contributed by atoms with Crippen molar-refractivity contribution in [1.82, 2.24) is 10.2 Å². The number of fused-ring (bicyclic) bond motifs is 1. The van der Waals surface area contributed by atoms with Crippen LogP contribution in [0.2, 0.25) is 20.1 Å². The van der Waals surface area contributed by atoms with E-state index in [2.05, 4.69) is 5.32 Å². The Labute approximate surface area is 198 Å². The Morgan fingerprint density at radius 2 is 1.45 bits per heavy atom. The number of rotatable bonds is 7. The summed E-state index contributed by atoms with van der Waals surface area (Å²) in [5, 5.41) is 11.2. The Balaban J connectivity index is 2.09. The molecule has 1 heterocycles. The van der Waals surface area contributed by atoms with Gasteiger partial charge in [-0.15, -0.1) is 0 Å². The molecule has 3 amide bonds. The number of carboxylic acid groups (broad SMARTS) is 1. The van der Waals surface area contributed by atoms with Crippen molar-refractivity contribution in [3.05, 3.63) is 31.2 Å². The van der Waals surface area contributed by atoms with Gasteiger partial charge >= 0.3 is 12.1 Å². The summed E-state index contributed by atoms with van der Waals surface area (Å²) in [5.41, 5.74) is -1.19. The maximum Gasteiger partial charge on any atom is 0.407 e. The molecule has 0 bridgehead atoms. The first-order chi connectivity index (χ1) is 14.3. The fourth-order valence-electron chi connectivity index (χ4n) is 2.98. The third-order valence-corrected chi connectivity index (χ3v) is 6.10. The van der Waals surface area contributed by atoms with Crippen molar-refractivity contribution in [2.24, 2.45) is 0 Å². The maximum atomic E-state index is 12.8. The second-order valence-corrected chi connectivity index (χ2v) is 9.28. The zero-order valence-corrected chi connectivity index (χ0v) is 19.9. The minimum Gasteiger partial charge on any atom is -0.480 e. The van der Waals surface area contributed by atoms with E-state index in [4.69, 9.17) is 51.1 Å². The third kappa shape index (κ3) is 5.55. The third-order valence-electron chi connectivity index (χ3n) is 4.30. The Hall–Kier alpha value is -1.74. The molecule has 1 aliphatic rings. The molecule has 0 aromatic heterocycles. The number of hydrogen-bond donors (Lipinski definition) is 2. The molecule has 0 saturated heterocycles. The number of nitrogens with one attached hydrogen (secondary N) is 1. The molecule has 2 rings (SSSR count). The number of amides is 3. The predicted molar refractivity (Wildman–Crippen MR) is 116 cm³/mol. The predicted octanol–water partition coefficient (Wildman–Crippen LogP) is 5.04. The number of unbranched alkanes of at least 4 members (excludes halogenated alkanes) is 1. The molecule has 0 fully saturated rings. The highest BCUT2D eigenvalue weighted by Crippen LogP contribution is 2.45. The van der Waals surface area contributed by atoms with Gasteiger partial charge in [0.25, 0.3) is 11.8 Å². The fraction of sp³-hybridized carbons (Fsp3) is 0.474. The number of aliphatic carboxylic acids is 1. The van der Waals surface area contributed by atoms with Crippen LogP contribution in [0.1, 0.15) is 60.7 Å². The normalized spacial score (nSPS) is 14.5. The molecule has 170 valence electrons. The zero-order chi connectivity index (χ0) is 23.7. The molecular weight excluding hydrogens is 494 g/mol. The van der Waals surface area contributed by atoms with Crippen LogP contribution in [-0.4, -0.2) is 52.1 Å². The van der Waals surface area contributed by atoms with Gasteiger partial charge in [-0.1, -0.05) is 46.4 Å². The molecule has 0 saturated carbocycles. The molecule has 1 aromatic carbocycles. The van der Waals surface area contributed by atoms with E-state index in [0.717, 1.165) is 0 Å². The van der Waals surface area contributed by atoms with E-state index >= 15 is 0 Å². The van der Waals surface area contributed by atoms with Crippen molar-refractivity contribution in [3.63, 3.8) is 0 Å². The molecule has 0 unspecified atom stereocenters. The van der Waals surface area contributed by atoms with Crippen LogP contribution in [-0.2, 0) is 9.53 Å². The smallest absolute Gasteiger partial charge is 0.407 e. The zero-order valence-electron chi connectivity index (χ0n) is 16.9. The summed E-state index contributed by atoms with van der Waals surface area (Å²) in [5.74, 6) is -3.20. The van der Waals surface area contributed by atoms with Gasteiger partial charge in [0.05, 0.1) is 31.2 Å². The van der Waals surface area contributed by atoms with Crippen LogP contribution >= 0.6 is 46.4 Å². The van der Waals surface area contributed by atoms with Gasteiger partial charge in [0.1, 0.15) is 11.6 Å². The first kappa shape index (κ1) is 25.5. The van der Waals surface area contributed by atoms with Crippen molar-refractivity contribution in [3.8, 4) is 0 Å². The molecule has 1 aromatic rings. The molecule has 1 aliphatic heterocycles. The van der Waals surface area contributed by atoms with E-state index in [9.17, 15) is 24.3 Å². The van der Waals surface area contributed by atoms with E-state index in [1.807, 2.05) is 0 Å². The lowest BCUT2D eigenvalue weighted by Crippen LogP contribution is -2.45. The lowest BCUT2D eigenvalue weighted by molar-refractivity contribution is -0.141. The first-order valence-electron chi connectivity index (χ1n) is 9.21. The Morgan fingerprint density at radius 3 is 1.87 bits per heavy atom. The Kier molecular flexibility index (Phi) is 8.08. The molecule has 1 atom stereocenters. The fourth-order valence-corrected chi connectivity index (χ4v) is 3.99. The van der Waals surface area contributed by atoms with Crippen LogP contribution < -0.4 is 5.32 Å². The molecule has 0 spiro atoms. The lowest BCUT2D eigenvalue weighted by atomic mass is 10.1. The molecule has 31 heavy (non-hydrogen) atoms. The minimum atomic E-state index is -1.46. The number of nitrogens with zero attached hydrogens (tertiary/aromatic N) is 1. The molecule has 8 nitrogen and oxygen atoms in total. The second-order valence-electron chi connectivity index (χ2n) is 7.76. The SMILES string of the molecule is CC(C)(C)OC(=O)NCCCC[C@H](C(=O)O)N1C(=O)c2c(Cl)c(Cl)c(Cl)c(Cl)c2C1=O.